The van der Waals surface area contributed by atoms with E-state index in [1.807, 2.05) is 19.2 Å². The van der Waals surface area contributed by atoms with Crippen molar-refractivity contribution in [1.29, 1.82) is 0 Å². The Kier molecular flexibility index (Phi) is 4.87. The third-order valence-corrected chi connectivity index (χ3v) is 4.40. The molecule has 0 atom stereocenters. The molecule has 7 heteroatoms. The van der Waals surface area contributed by atoms with E-state index in [0.717, 1.165) is 11.8 Å². The highest BCUT2D eigenvalue weighted by Gasteiger charge is 2.12. The maximum absolute atomic E-state index is 12.1. The van der Waals surface area contributed by atoms with Crippen molar-refractivity contribution in [2.75, 3.05) is 5.32 Å². The molecule has 2 aromatic rings. The summed E-state index contributed by atoms with van der Waals surface area (Å²) in [7, 11) is 0. The highest BCUT2D eigenvalue weighted by Crippen LogP contribution is 2.23. The average molecular weight is 322 g/mol. The zero-order valence-corrected chi connectivity index (χ0v) is 13.1. The molecule has 0 aromatic carbocycles. The Hall–Kier alpha value is -1.99. The minimum absolute atomic E-state index is 0.236. The van der Waals surface area contributed by atoms with Crippen LogP contribution in [0.1, 0.15) is 40.0 Å². The van der Waals surface area contributed by atoms with Crippen molar-refractivity contribution in [2.24, 2.45) is 0 Å². The molecule has 2 aromatic heterocycles. The van der Waals surface area contributed by atoms with Crippen molar-refractivity contribution in [1.82, 2.24) is 4.98 Å². The van der Waals surface area contributed by atoms with Gasteiger partial charge in [-0.15, -0.1) is 22.7 Å². The highest BCUT2D eigenvalue weighted by atomic mass is 32.1. The van der Waals surface area contributed by atoms with Gasteiger partial charge in [0, 0.05) is 16.3 Å². The number of hydrogen-bond donors (Lipinski definition) is 2. The Balaban J connectivity index is 2.04. The lowest BCUT2D eigenvalue weighted by Crippen LogP contribution is -2.09. The highest BCUT2D eigenvalue weighted by molar-refractivity contribution is 7.15. The van der Waals surface area contributed by atoms with Gasteiger partial charge in [0.2, 0.25) is 0 Å². The fourth-order valence-electron chi connectivity index (χ4n) is 1.49. The minimum Gasteiger partial charge on any atom is -0.478 e. The molecule has 2 N–H and O–H groups in total. The Morgan fingerprint density at radius 1 is 1.38 bits per heavy atom. The zero-order chi connectivity index (χ0) is 15.4. The minimum atomic E-state index is -1.02. The zero-order valence-electron chi connectivity index (χ0n) is 11.5. The molecule has 110 valence electrons. The van der Waals surface area contributed by atoms with Crippen molar-refractivity contribution >= 4 is 45.8 Å². The molecular formula is C14H14N2O3S2. The van der Waals surface area contributed by atoms with E-state index >= 15 is 0 Å². The molecule has 0 bridgehead atoms. The van der Waals surface area contributed by atoms with Gasteiger partial charge in [-0.2, -0.15) is 0 Å². The van der Waals surface area contributed by atoms with Crippen molar-refractivity contribution < 1.29 is 14.7 Å². The van der Waals surface area contributed by atoms with Gasteiger partial charge in [-0.1, -0.05) is 13.8 Å². The van der Waals surface area contributed by atoms with Crippen LogP contribution in [0.5, 0.6) is 0 Å². The van der Waals surface area contributed by atoms with Gasteiger partial charge < -0.3 is 5.11 Å². The van der Waals surface area contributed by atoms with Gasteiger partial charge in [0.1, 0.15) is 0 Å². The first-order valence-corrected chi connectivity index (χ1v) is 7.93. The van der Waals surface area contributed by atoms with E-state index in [1.54, 1.807) is 12.1 Å². The van der Waals surface area contributed by atoms with Crippen molar-refractivity contribution in [3.63, 3.8) is 0 Å². The number of rotatable bonds is 5. The number of thiazole rings is 1. The van der Waals surface area contributed by atoms with Gasteiger partial charge in [0.25, 0.3) is 5.91 Å². The molecule has 5 nitrogen and oxygen atoms in total. The van der Waals surface area contributed by atoms with Crippen LogP contribution >= 0.6 is 22.7 Å². The average Bonchev–Trinajstić information content (AvgIpc) is 3.04. The monoisotopic (exact) mass is 322 g/mol. The van der Waals surface area contributed by atoms with Gasteiger partial charge in [0.05, 0.1) is 10.6 Å². The van der Waals surface area contributed by atoms with E-state index < -0.39 is 5.97 Å². The number of carbonyl (C=O) groups is 2. The third-order valence-electron chi connectivity index (χ3n) is 2.57. The van der Waals surface area contributed by atoms with E-state index in [-0.39, 0.29) is 5.91 Å². The summed E-state index contributed by atoms with van der Waals surface area (Å²) in [4.78, 5) is 28.1. The molecule has 0 saturated carbocycles. The number of hydrogen-bond acceptors (Lipinski definition) is 5. The fraction of sp³-hybridized carbons (Fsp3) is 0.214. The molecule has 0 aliphatic carbocycles. The molecule has 0 saturated heterocycles. The first-order valence-electron chi connectivity index (χ1n) is 6.23. The second-order valence-corrected chi connectivity index (χ2v) is 6.53. The predicted octanol–water partition coefficient (Wildman–Crippen LogP) is 3.68. The lowest BCUT2D eigenvalue weighted by atomic mass is 10.2. The summed E-state index contributed by atoms with van der Waals surface area (Å²) in [6.45, 7) is 4.09. The van der Waals surface area contributed by atoms with E-state index in [0.29, 0.717) is 20.8 Å². The first kappa shape index (κ1) is 15.4. The quantitative estimate of drug-likeness (QED) is 0.823. The maximum atomic E-state index is 12.1. The Morgan fingerprint density at radius 2 is 2.14 bits per heavy atom. The Bertz CT molecular complexity index is 686. The summed E-state index contributed by atoms with van der Waals surface area (Å²) in [5.74, 6) is -0.931. The predicted molar refractivity (Wildman–Crippen MR) is 85.1 cm³/mol. The van der Waals surface area contributed by atoms with Crippen LogP contribution in [-0.2, 0) is 4.79 Å². The van der Waals surface area contributed by atoms with Crippen LogP contribution in [0.2, 0.25) is 0 Å². The van der Waals surface area contributed by atoms with Crippen molar-refractivity contribution in [3.05, 3.63) is 39.0 Å². The van der Waals surface area contributed by atoms with E-state index in [1.165, 1.54) is 28.7 Å². The lowest BCUT2D eigenvalue weighted by Gasteiger charge is -1.99. The summed E-state index contributed by atoms with van der Waals surface area (Å²) in [5.41, 5.74) is 0.951. The van der Waals surface area contributed by atoms with Gasteiger partial charge in [0.15, 0.2) is 5.13 Å². The molecule has 0 radical (unpaired) electrons. The number of amides is 1. The largest absolute Gasteiger partial charge is 0.478 e. The van der Waals surface area contributed by atoms with Crippen LogP contribution < -0.4 is 5.32 Å². The fourth-order valence-corrected chi connectivity index (χ4v) is 3.16. The Labute approximate surface area is 130 Å². The van der Waals surface area contributed by atoms with Gasteiger partial charge >= 0.3 is 5.97 Å². The number of nitrogens with zero attached hydrogens (tertiary/aromatic N) is 1. The first-order chi connectivity index (χ1) is 9.95. The molecule has 0 fully saturated rings. The lowest BCUT2D eigenvalue weighted by molar-refractivity contribution is -0.131. The van der Waals surface area contributed by atoms with Gasteiger partial charge in [-0.25, -0.2) is 9.78 Å². The van der Waals surface area contributed by atoms with Crippen LogP contribution in [0.4, 0.5) is 5.13 Å². The molecule has 0 spiro atoms. The van der Waals surface area contributed by atoms with Crippen LogP contribution in [0.25, 0.3) is 6.08 Å². The molecule has 0 aliphatic heterocycles. The number of aromatic nitrogens is 1. The summed E-state index contributed by atoms with van der Waals surface area (Å²) < 4.78 is 0. The van der Waals surface area contributed by atoms with Crippen LogP contribution in [0.15, 0.2) is 23.6 Å². The topological polar surface area (TPSA) is 79.3 Å². The molecule has 2 heterocycles. The third kappa shape index (κ3) is 4.24. The molecule has 1 amide bonds. The molecule has 0 unspecified atom stereocenters. The number of nitrogens with one attached hydrogen (secondary N) is 1. The SMILES string of the molecule is CC(C)c1csc(NC(=O)c2ccc(C=CC(=O)O)s2)n1. The van der Waals surface area contributed by atoms with Crippen LogP contribution in [-0.4, -0.2) is 22.0 Å². The van der Waals surface area contributed by atoms with Gasteiger partial charge in [-0.3, -0.25) is 10.1 Å². The standard InChI is InChI=1S/C14H14N2O3S2/c1-8(2)10-7-20-14(15-10)16-13(19)11-5-3-9(21-11)4-6-12(17)18/h3-8H,1-2H3,(H,17,18)(H,15,16,19). The number of carbonyl (C=O) groups excluding carboxylic acids is 1. The summed E-state index contributed by atoms with van der Waals surface area (Å²) in [5, 5.41) is 13.8. The van der Waals surface area contributed by atoms with E-state index in [9.17, 15) is 9.59 Å². The summed E-state index contributed by atoms with van der Waals surface area (Å²) in [6.07, 6.45) is 2.51. The summed E-state index contributed by atoms with van der Waals surface area (Å²) in [6, 6.07) is 3.37. The van der Waals surface area contributed by atoms with Gasteiger partial charge in [-0.05, 0) is 24.1 Å². The van der Waals surface area contributed by atoms with E-state index in [4.69, 9.17) is 5.11 Å². The van der Waals surface area contributed by atoms with Crippen molar-refractivity contribution in [3.8, 4) is 0 Å². The molecule has 2 rings (SSSR count). The number of carboxylic acids is 1. The second kappa shape index (κ2) is 6.64. The van der Waals surface area contributed by atoms with Crippen molar-refractivity contribution in [2.45, 2.75) is 19.8 Å². The van der Waals surface area contributed by atoms with Crippen LogP contribution in [0, 0.1) is 0 Å². The second-order valence-electron chi connectivity index (χ2n) is 4.56. The summed E-state index contributed by atoms with van der Waals surface area (Å²) >= 11 is 2.62. The number of aliphatic carboxylic acids is 1. The Morgan fingerprint density at radius 3 is 2.76 bits per heavy atom. The number of thiophene rings is 1. The smallest absolute Gasteiger partial charge is 0.328 e. The van der Waals surface area contributed by atoms with Crippen LogP contribution in [0.3, 0.4) is 0 Å². The normalized spacial score (nSPS) is 11.2. The number of anilines is 1. The molecular weight excluding hydrogens is 308 g/mol. The number of carboxylic acid groups (broad SMARTS) is 1. The molecule has 21 heavy (non-hydrogen) atoms. The van der Waals surface area contributed by atoms with E-state index in [2.05, 4.69) is 10.3 Å². The molecule has 0 aliphatic rings. The maximum Gasteiger partial charge on any atom is 0.328 e.